The van der Waals surface area contributed by atoms with Crippen LogP contribution < -0.4 is 20.9 Å². The molecule has 7 nitrogen and oxygen atoms in total. The van der Waals surface area contributed by atoms with Gasteiger partial charge in [0.15, 0.2) is 0 Å². The Morgan fingerprint density at radius 3 is 2.65 bits per heavy atom. The fourth-order valence-electron chi connectivity index (χ4n) is 2.79. The van der Waals surface area contributed by atoms with Crippen LogP contribution in [0.3, 0.4) is 0 Å². The van der Waals surface area contributed by atoms with Crippen molar-refractivity contribution in [3.8, 4) is 5.75 Å². The lowest BCUT2D eigenvalue weighted by Gasteiger charge is -2.19. The van der Waals surface area contributed by atoms with Crippen molar-refractivity contribution in [3.05, 3.63) is 23.8 Å². The van der Waals surface area contributed by atoms with Crippen LogP contribution >= 0.6 is 12.4 Å². The Balaban J connectivity index is 0.00000264. The van der Waals surface area contributed by atoms with Crippen LogP contribution in [-0.2, 0) is 10.0 Å². The van der Waals surface area contributed by atoms with Crippen molar-refractivity contribution in [3.63, 3.8) is 0 Å². The fraction of sp³-hybridized carbons (Fsp3) is 0.500. The number of nitrogens with one attached hydrogen (secondary N) is 1. The van der Waals surface area contributed by atoms with Crippen LogP contribution in [0.1, 0.15) is 29.6 Å². The lowest BCUT2D eigenvalue weighted by atomic mass is 10.1. The second-order valence-corrected chi connectivity index (χ2v) is 7.09. The molecule has 1 aliphatic rings. The molecule has 0 heterocycles. The Labute approximate surface area is 142 Å². The molecule has 1 amide bonds. The SMILES string of the molecule is COc1ccc(S(=O)(=O)NC2CCCC2CN)cc1C(N)=O.Cl. The van der Waals surface area contributed by atoms with Gasteiger partial charge in [0.05, 0.1) is 17.6 Å². The summed E-state index contributed by atoms with van der Waals surface area (Å²) in [5, 5.41) is 0. The molecule has 0 aliphatic heterocycles. The third kappa shape index (κ3) is 4.35. The lowest BCUT2D eigenvalue weighted by Crippen LogP contribution is -2.39. The van der Waals surface area contributed by atoms with Gasteiger partial charge >= 0.3 is 0 Å². The van der Waals surface area contributed by atoms with E-state index in [0.29, 0.717) is 6.54 Å². The molecule has 5 N–H and O–H groups in total. The van der Waals surface area contributed by atoms with Crippen molar-refractivity contribution in [2.24, 2.45) is 17.4 Å². The minimum absolute atomic E-state index is 0. The quantitative estimate of drug-likeness (QED) is 0.683. The number of carbonyl (C=O) groups excluding carboxylic acids is 1. The number of ether oxygens (including phenoxy) is 1. The first kappa shape index (κ1) is 19.7. The smallest absolute Gasteiger partial charge is 0.252 e. The van der Waals surface area contributed by atoms with Gasteiger partial charge in [0.25, 0.3) is 5.91 Å². The predicted molar refractivity (Wildman–Crippen MR) is 89.3 cm³/mol. The third-order valence-corrected chi connectivity index (χ3v) is 5.50. The highest BCUT2D eigenvalue weighted by Gasteiger charge is 2.30. The molecule has 2 rings (SSSR count). The molecule has 1 saturated carbocycles. The van der Waals surface area contributed by atoms with E-state index in [2.05, 4.69) is 4.72 Å². The number of nitrogens with two attached hydrogens (primary N) is 2. The van der Waals surface area contributed by atoms with E-state index >= 15 is 0 Å². The van der Waals surface area contributed by atoms with E-state index in [1.807, 2.05) is 0 Å². The van der Waals surface area contributed by atoms with E-state index in [1.54, 1.807) is 0 Å². The number of carbonyl (C=O) groups is 1. The fourth-order valence-corrected chi connectivity index (χ4v) is 4.15. The molecule has 0 spiro atoms. The molecule has 1 aromatic rings. The predicted octanol–water partition coefficient (Wildman–Crippen LogP) is 0.622. The lowest BCUT2D eigenvalue weighted by molar-refractivity contribution is 0.0997. The summed E-state index contributed by atoms with van der Waals surface area (Å²) in [6.45, 7) is 0.447. The average Bonchev–Trinajstić information content (AvgIpc) is 2.92. The maximum atomic E-state index is 12.5. The number of sulfonamides is 1. The van der Waals surface area contributed by atoms with Gasteiger partial charge in [-0.1, -0.05) is 6.42 Å². The molecule has 2 unspecified atom stereocenters. The van der Waals surface area contributed by atoms with Crippen molar-refractivity contribution in [2.45, 2.75) is 30.2 Å². The van der Waals surface area contributed by atoms with Crippen molar-refractivity contribution in [1.82, 2.24) is 4.72 Å². The molecule has 1 aromatic carbocycles. The van der Waals surface area contributed by atoms with Crippen LogP contribution in [0.5, 0.6) is 5.75 Å². The number of hydrogen-bond acceptors (Lipinski definition) is 5. The Bertz CT molecular complexity index is 666. The van der Waals surface area contributed by atoms with Crippen LogP contribution in [-0.4, -0.2) is 34.0 Å². The monoisotopic (exact) mass is 363 g/mol. The minimum atomic E-state index is -3.74. The number of benzene rings is 1. The summed E-state index contributed by atoms with van der Waals surface area (Å²) >= 11 is 0. The van der Waals surface area contributed by atoms with Gasteiger partial charge in [0.2, 0.25) is 10.0 Å². The molecule has 0 saturated heterocycles. The Morgan fingerprint density at radius 2 is 2.09 bits per heavy atom. The second-order valence-electron chi connectivity index (χ2n) is 5.38. The average molecular weight is 364 g/mol. The molecule has 130 valence electrons. The summed E-state index contributed by atoms with van der Waals surface area (Å²) in [6.07, 6.45) is 2.63. The molecule has 2 atom stereocenters. The van der Waals surface area contributed by atoms with Crippen molar-refractivity contribution < 1.29 is 17.9 Å². The molecule has 23 heavy (non-hydrogen) atoms. The number of halogens is 1. The molecule has 9 heteroatoms. The third-order valence-electron chi connectivity index (χ3n) is 4.02. The molecule has 1 aliphatic carbocycles. The zero-order valence-electron chi connectivity index (χ0n) is 12.8. The van der Waals surface area contributed by atoms with Gasteiger partial charge < -0.3 is 16.2 Å². The summed E-state index contributed by atoms with van der Waals surface area (Å²) in [6, 6.07) is 3.87. The summed E-state index contributed by atoms with van der Waals surface area (Å²) in [5.74, 6) is -0.356. The topological polar surface area (TPSA) is 125 Å². The van der Waals surface area contributed by atoms with Gasteiger partial charge in [0, 0.05) is 6.04 Å². The zero-order chi connectivity index (χ0) is 16.3. The van der Waals surface area contributed by atoms with Crippen molar-refractivity contribution >= 4 is 28.3 Å². The van der Waals surface area contributed by atoms with E-state index in [4.69, 9.17) is 16.2 Å². The number of hydrogen-bond donors (Lipinski definition) is 3. The summed E-state index contributed by atoms with van der Waals surface area (Å²) < 4.78 is 32.6. The molecular formula is C14H22ClN3O4S. The molecular weight excluding hydrogens is 342 g/mol. The normalized spacial score (nSPS) is 20.8. The van der Waals surface area contributed by atoms with Crippen LogP contribution in [0, 0.1) is 5.92 Å². The summed E-state index contributed by atoms with van der Waals surface area (Å²) in [7, 11) is -2.35. The van der Waals surface area contributed by atoms with Crippen molar-refractivity contribution in [2.75, 3.05) is 13.7 Å². The number of primary amides is 1. The van der Waals surface area contributed by atoms with Crippen LogP contribution in [0.2, 0.25) is 0 Å². The maximum Gasteiger partial charge on any atom is 0.252 e. The summed E-state index contributed by atoms with van der Waals surface area (Å²) in [4.78, 5) is 11.4. The zero-order valence-corrected chi connectivity index (χ0v) is 14.5. The first-order chi connectivity index (χ1) is 10.4. The van der Waals surface area contributed by atoms with Gasteiger partial charge in [-0.2, -0.15) is 0 Å². The molecule has 1 fully saturated rings. The van der Waals surface area contributed by atoms with E-state index in [-0.39, 0.29) is 40.6 Å². The van der Waals surface area contributed by atoms with Crippen molar-refractivity contribution in [1.29, 1.82) is 0 Å². The van der Waals surface area contributed by atoms with E-state index in [0.717, 1.165) is 19.3 Å². The summed E-state index contributed by atoms with van der Waals surface area (Å²) in [5.41, 5.74) is 11.0. The molecule has 0 radical (unpaired) electrons. The highest BCUT2D eigenvalue weighted by Crippen LogP contribution is 2.27. The number of rotatable bonds is 6. The van der Waals surface area contributed by atoms with Crippen LogP contribution in [0.4, 0.5) is 0 Å². The minimum Gasteiger partial charge on any atom is -0.496 e. The standard InChI is InChI=1S/C14H21N3O4S.ClH/c1-21-13-6-5-10(7-11(13)14(16)18)22(19,20)17-12-4-2-3-9(12)8-15;/h5-7,9,12,17H,2-4,8,15H2,1H3,(H2,16,18);1H. The Hall–Kier alpha value is -1.35. The maximum absolute atomic E-state index is 12.5. The first-order valence-electron chi connectivity index (χ1n) is 7.09. The number of methoxy groups -OCH3 is 1. The Kier molecular flexibility index (Phi) is 6.82. The highest BCUT2D eigenvalue weighted by molar-refractivity contribution is 7.89. The van der Waals surface area contributed by atoms with E-state index in [9.17, 15) is 13.2 Å². The number of amides is 1. The van der Waals surface area contributed by atoms with Gasteiger partial charge in [-0.25, -0.2) is 13.1 Å². The molecule has 0 aromatic heterocycles. The van der Waals surface area contributed by atoms with Gasteiger partial charge in [-0.15, -0.1) is 12.4 Å². The Morgan fingerprint density at radius 1 is 1.39 bits per heavy atom. The van der Waals surface area contributed by atoms with Gasteiger partial charge in [-0.05, 0) is 43.5 Å². The first-order valence-corrected chi connectivity index (χ1v) is 8.57. The van der Waals surface area contributed by atoms with E-state index in [1.165, 1.54) is 25.3 Å². The van der Waals surface area contributed by atoms with Crippen LogP contribution in [0.25, 0.3) is 0 Å². The molecule has 0 bridgehead atoms. The van der Waals surface area contributed by atoms with E-state index < -0.39 is 15.9 Å². The second kappa shape index (κ2) is 7.96. The highest BCUT2D eigenvalue weighted by atomic mass is 35.5. The van der Waals surface area contributed by atoms with Gasteiger partial charge in [-0.3, -0.25) is 4.79 Å². The van der Waals surface area contributed by atoms with Crippen LogP contribution in [0.15, 0.2) is 23.1 Å². The van der Waals surface area contributed by atoms with Gasteiger partial charge in [0.1, 0.15) is 5.75 Å². The largest absolute Gasteiger partial charge is 0.496 e.